The van der Waals surface area contributed by atoms with Crippen molar-refractivity contribution < 1.29 is 27.0 Å². The molecule has 0 radical (unpaired) electrons. The summed E-state index contributed by atoms with van der Waals surface area (Å²) in [4.78, 5) is 0. The first-order valence-electron chi connectivity index (χ1n) is 6.73. The minimum Gasteiger partial charge on any atom is -0.409 e. The van der Waals surface area contributed by atoms with E-state index in [9.17, 15) is 17.2 Å². The van der Waals surface area contributed by atoms with Crippen LogP contribution in [0.15, 0.2) is 34.1 Å². The molecule has 10 nitrogen and oxygen atoms in total. The van der Waals surface area contributed by atoms with Gasteiger partial charge in [0, 0.05) is 18.3 Å². The quantitative estimate of drug-likeness (QED) is 0.242. The van der Waals surface area contributed by atoms with Gasteiger partial charge >= 0.3 is 0 Å². The normalized spacial score (nSPS) is 12.6. The number of alkyl halides is 2. The van der Waals surface area contributed by atoms with Crippen molar-refractivity contribution in [3.8, 4) is 0 Å². The van der Waals surface area contributed by atoms with Gasteiger partial charge < -0.3 is 10.5 Å². The van der Waals surface area contributed by atoms with Gasteiger partial charge in [-0.2, -0.15) is 13.1 Å². The van der Waals surface area contributed by atoms with Crippen LogP contribution >= 0.6 is 0 Å². The third-order valence-corrected chi connectivity index (χ3v) is 4.04. The summed E-state index contributed by atoms with van der Waals surface area (Å²) in [5.74, 6) is -0.258. The van der Waals surface area contributed by atoms with E-state index in [0.29, 0.717) is 0 Å². The van der Waals surface area contributed by atoms with Crippen molar-refractivity contribution in [3.63, 3.8) is 0 Å². The van der Waals surface area contributed by atoms with E-state index < -0.39 is 16.6 Å². The van der Waals surface area contributed by atoms with Crippen molar-refractivity contribution in [1.29, 1.82) is 0 Å². The highest BCUT2D eigenvalue weighted by molar-refractivity contribution is 7.87. The van der Waals surface area contributed by atoms with Crippen molar-refractivity contribution in [1.82, 2.24) is 19.8 Å². The second-order valence-corrected chi connectivity index (χ2v) is 6.29. The van der Waals surface area contributed by atoms with Gasteiger partial charge in [0.05, 0.1) is 6.54 Å². The highest BCUT2D eigenvalue weighted by Crippen LogP contribution is 2.22. The molecule has 0 aliphatic heterocycles. The van der Waals surface area contributed by atoms with Crippen LogP contribution in [0.3, 0.4) is 0 Å². The van der Waals surface area contributed by atoms with E-state index in [1.807, 2.05) is 4.72 Å². The van der Waals surface area contributed by atoms with Crippen LogP contribution in [0.4, 0.5) is 14.5 Å². The molecule has 0 saturated carbocycles. The Bertz CT molecular complexity index is 855. The number of aromatic nitrogens is 2. The van der Waals surface area contributed by atoms with E-state index in [4.69, 9.17) is 5.21 Å². The largest absolute Gasteiger partial charge is 0.409 e. The molecule has 0 fully saturated rings. The number of halogens is 2. The first kappa shape index (κ1) is 18.7. The van der Waals surface area contributed by atoms with Crippen LogP contribution in [0.1, 0.15) is 23.4 Å². The zero-order chi connectivity index (χ0) is 18.4. The summed E-state index contributed by atoms with van der Waals surface area (Å²) in [6, 6.07) is 5.25. The topological polar surface area (TPSA) is 142 Å². The molecule has 0 unspecified atom stereocenters. The number of rotatable bonds is 7. The maximum atomic E-state index is 12.7. The van der Waals surface area contributed by atoms with Crippen LogP contribution in [-0.4, -0.2) is 36.8 Å². The van der Waals surface area contributed by atoms with E-state index in [1.54, 1.807) is 0 Å². The van der Waals surface area contributed by atoms with Gasteiger partial charge in [-0.3, -0.25) is 0 Å². The summed E-state index contributed by atoms with van der Waals surface area (Å²) in [6.07, 6.45) is -2.67. The van der Waals surface area contributed by atoms with Crippen molar-refractivity contribution >= 4 is 21.7 Å². The van der Waals surface area contributed by atoms with E-state index in [0.717, 1.165) is 6.07 Å². The lowest BCUT2D eigenvalue weighted by molar-refractivity contribution is 0.151. The van der Waals surface area contributed by atoms with Crippen molar-refractivity contribution in [2.75, 3.05) is 12.4 Å². The van der Waals surface area contributed by atoms with E-state index >= 15 is 0 Å². The second kappa shape index (κ2) is 7.96. The zero-order valence-corrected chi connectivity index (χ0v) is 13.6. The molecule has 1 aromatic carbocycles. The molecule has 1 heterocycles. The van der Waals surface area contributed by atoms with Gasteiger partial charge in [0.25, 0.3) is 16.6 Å². The van der Waals surface area contributed by atoms with Gasteiger partial charge in [0.2, 0.25) is 5.84 Å². The number of anilines is 1. The summed E-state index contributed by atoms with van der Waals surface area (Å²) in [5, 5.41) is 21.8. The Morgan fingerprint density at radius 2 is 2.16 bits per heavy atom. The van der Waals surface area contributed by atoms with Crippen LogP contribution in [0.5, 0.6) is 0 Å². The number of amidine groups is 1. The van der Waals surface area contributed by atoms with Crippen LogP contribution in [0, 0.1) is 0 Å². The molecule has 13 heteroatoms. The number of nitrogens with one attached hydrogen (secondary N) is 3. The SMILES string of the molecule is CNS(=O)(=O)NCc1nonc1/C(=N\O)Nc1cccc(C(F)F)c1. The molecule has 25 heavy (non-hydrogen) atoms. The average molecular weight is 376 g/mol. The Kier molecular flexibility index (Phi) is 5.95. The Morgan fingerprint density at radius 1 is 1.40 bits per heavy atom. The summed E-state index contributed by atoms with van der Waals surface area (Å²) >= 11 is 0. The molecule has 0 spiro atoms. The lowest BCUT2D eigenvalue weighted by Gasteiger charge is -2.09. The lowest BCUT2D eigenvalue weighted by Crippen LogP contribution is -2.34. The minimum absolute atomic E-state index is 0.0177. The predicted molar refractivity (Wildman–Crippen MR) is 82.5 cm³/mol. The molecule has 2 rings (SSSR count). The molecular formula is C12H14F2N6O4S. The Balaban J connectivity index is 2.20. The summed E-state index contributed by atoms with van der Waals surface area (Å²) in [6.45, 7) is -0.306. The molecule has 0 amide bonds. The van der Waals surface area contributed by atoms with Gasteiger partial charge in [0.1, 0.15) is 5.69 Å². The fourth-order valence-corrected chi connectivity index (χ4v) is 2.23. The number of benzene rings is 1. The average Bonchev–Trinajstić information content (AvgIpc) is 3.06. The third-order valence-electron chi connectivity index (χ3n) is 2.98. The first-order chi connectivity index (χ1) is 11.9. The lowest BCUT2D eigenvalue weighted by atomic mass is 10.2. The van der Waals surface area contributed by atoms with Crippen LogP contribution in [0.25, 0.3) is 0 Å². The maximum absolute atomic E-state index is 12.7. The molecule has 0 bridgehead atoms. The van der Waals surface area contributed by atoms with Crippen molar-refractivity contribution in [2.45, 2.75) is 13.0 Å². The Labute approximate surface area is 141 Å². The number of oxime groups is 1. The molecule has 4 N–H and O–H groups in total. The molecule has 1 aromatic heterocycles. The summed E-state index contributed by atoms with van der Waals surface area (Å²) in [7, 11) is -2.52. The minimum atomic E-state index is -3.73. The van der Waals surface area contributed by atoms with Crippen molar-refractivity contribution in [3.05, 3.63) is 41.2 Å². The molecular weight excluding hydrogens is 362 g/mol. The fraction of sp³-hybridized carbons (Fsp3) is 0.250. The maximum Gasteiger partial charge on any atom is 0.277 e. The summed E-state index contributed by atoms with van der Waals surface area (Å²) < 4.78 is 56.9. The van der Waals surface area contributed by atoms with Gasteiger partial charge in [0.15, 0.2) is 5.69 Å². The second-order valence-electron chi connectivity index (χ2n) is 4.59. The molecule has 0 atom stereocenters. The van der Waals surface area contributed by atoms with Gasteiger partial charge in [-0.1, -0.05) is 22.4 Å². The zero-order valence-electron chi connectivity index (χ0n) is 12.8. The standard InChI is InChI=1S/C12H14F2N6O4S/c1-15-25(22,23)16-6-9-10(20-24-19-9)12(18-21)17-8-4-2-3-7(5-8)11(13)14/h2-5,11,15-16,21H,6H2,1H3,(H,17,18). The number of hydrogen-bond donors (Lipinski definition) is 4. The van der Waals surface area contributed by atoms with Gasteiger partial charge in [-0.25, -0.2) is 18.1 Å². The van der Waals surface area contributed by atoms with Gasteiger partial charge in [-0.15, -0.1) is 0 Å². The Hall–Kier alpha value is -2.64. The number of hydrogen-bond acceptors (Lipinski definition) is 7. The smallest absolute Gasteiger partial charge is 0.277 e. The monoisotopic (exact) mass is 376 g/mol. The first-order valence-corrected chi connectivity index (χ1v) is 8.21. The fourth-order valence-electron chi connectivity index (χ4n) is 1.76. The predicted octanol–water partition coefficient (Wildman–Crippen LogP) is 0.809. The van der Waals surface area contributed by atoms with E-state index in [1.165, 1.54) is 25.2 Å². The molecule has 0 saturated heterocycles. The van der Waals surface area contributed by atoms with E-state index in [-0.39, 0.29) is 35.0 Å². The molecule has 136 valence electrons. The van der Waals surface area contributed by atoms with E-state index in [2.05, 4.69) is 30.1 Å². The highest BCUT2D eigenvalue weighted by atomic mass is 32.2. The third kappa shape index (κ3) is 4.91. The summed E-state index contributed by atoms with van der Waals surface area (Å²) in [5.41, 5.74) is -0.106. The molecule has 0 aliphatic carbocycles. The van der Waals surface area contributed by atoms with Crippen LogP contribution < -0.4 is 14.8 Å². The van der Waals surface area contributed by atoms with Crippen LogP contribution in [0.2, 0.25) is 0 Å². The number of nitrogens with zero attached hydrogens (tertiary/aromatic N) is 3. The van der Waals surface area contributed by atoms with Gasteiger partial charge in [-0.05, 0) is 17.3 Å². The Morgan fingerprint density at radius 3 is 2.80 bits per heavy atom. The van der Waals surface area contributed by atoms with Crippen LogP contribution in [-0.2, 0) is 16.8 Å². The van der Waals surface area contributed by atoms with Crippen molar-refractivity contribution in [2.24, 2.45) is 5.16 Å². The molecule has 0 aliphatic rings. The molecule has 2 aromatic rings. The highest BCUT2D eigenvalue weighted by Gasteiger charge is 2.19.